The zero-order valence-corrected chi connectivity index (χ0v) is 15.8. The molecule has 0 radical (unpaired) electrons. The number of quaternary nitrogens is 1. The second kappa shape index (κ2) is 7.92. The molecule has 3 aromatic rings. The number of aryl methyl sites for hydroxylation is 2. The number of carbonyl (C=O) groups is 1. The van der Waals surface area contributed by atoms with Gasteiger partial charge in [0.05, 0.1) is 26.2 Å². The Labute approximate surface area is 159 Å². The summed E-state index contributed by atoms with van der Waals surface area (Å²) in [5.74, 6) is 0.848. The maximum absolute atomic E-state index is 12.6. The highest BCUT2D eigenvalue weighted by Crippen LogP contribution is 2.16. The van der Waals surface area contributed by atoms with Crippen LogP contribution in [-0.2, 0) is 17.8 Å². The number of rotatable bonds is 5. The van der Waals surface area contributed by atoms with Crippen molar-refractivity contribution in [3.63, 3.8) is 0 Å². The Morgan fingerprint density at radius 2 is 1.85 bits per heavy atom. The molecule has 0 atom stereocenters. The number of fused-ring (bicyclic) bond motifs is 1. The van der Waals surface area contributed by atoms with E-state index in [1.54, 1.807) is 4.90 Å². The van der Waals surface area contributed by atoms with Gasteiger partial charge in [-0.15, -0.1) is 0 Å². The summed E-state index contributed by atoms with van der Waals surface area (Å²) in [6.45, 7) is 6.87. The summed E-state index contributed by atoms with van der Waals surface area (Å²) < 4.78 is 5.71. The smallest absolute Gasteiger partial charge is 0.223 e. The second-order valence-corrected chi connectivity index (χ2v) is 7.31. The Bertz CT molecular complexity index is 893. The Hall–Kier alpha value is -2.66. The standard InChI is InChI=1S/C22H25N3O2/c1-17-6-2-3-7-18(17)16-24-12-14-25(15-13-24)22(26)11-10-21-23-19-8-4-5-9-20(19)27-21/h2-9H,10-16H2,1H3/p+1. The van der Waals surface area contributed by atoms with Gasteiger partial charge >= 0.3 is 0 Å². The molecule has 1 fully saturated rings. The first kappa shape index (κ1) is 17.7. The molecule has 0 bridgehead atoms. The average molecular weight is 364 g/mol. The minimum atomic E-state index is 0.201. The lowest BCUT2D eigenvalue weighted by Gasteiger charge is -2.32. The first-order valence-electron chi connectivity index (χ1n) is 9.69. The van der Waals surface area contributed by atoms with Crippen LogP contribution >= 0.6 is 0 Å². The van der Waals surface area contributed by atoms with Crippen LogP contribution in [0.5, 0.6) is 0 Å². The number of nitrogens with zero attached hydrogens (tertiary/aromatic N) is 2. The van der Waals surface area contributed by atoms with Gasteiger partial charge in [-0.1, -0.05) is 36.4 Å². The molecule has 2 aromatic carbocycles. The van der Waals surface area contributed by atoms with Gasteiger partial charge in [0.15, 0.2) is 11.5 Å². The van der Waals surface area contributed by atoms with Crippen LogP contribution in [0.4, 0.5) is 0 Å². The Morgan fingerprint density at radius 1 is 1.11 bits per heavy atom. The number of carbonyl (C=O) groups excluding carboxylic acids is 1. The van der Waals surface area contributed by atoms with Crippen molar-refractivity contribution in [1.82, 2.24) is 9.88 Å². The van der Waals surface area contributed by atoms with Crippen LogP contribution in [0.15, 0.2) is 52.9 Å². The maximum Gasteiger partial charge on any atom is 0.223 e. The summed E-state index contributed by atoms with van der Waals surface area (Å²) >= 11 is 0. The molecule has 1 amide bonds. The van der Waals surface area contributed by atoms with Crippen LogP contribution in [0, 0.1) is 6.92 Å². The quantitative estimate of drug-likeness (QED) is 0.753. The van der Waals surface area contributed by atoms with Crippen LogP contribution in [0.25, 0.3) is 11.1 Å². The molecule has 1 aliphatic rings. The number of benzene rings is 2. The van der Waals surface area contributed by atoms with E-state index in [1.165, 1.54) is 11.1 Å². The fourth-order valence-corrected chi connectivity index (χ4v) is 3.73. The molecular formula is C22H26N3O2+. The molecule has 27 heavy (non-hydrogen) atoms. The number of amides is 1. The van der Waals surface area contributed by atoms with Crippen LogP contribution in [0.1, 0.15) is 23.4 Å². The van der Waals surface area contributed by atoms with Gasteiger partial charge < -0.3 is 14.2 Å². The molecule has 0 unspecified atom stereocenters. The SMILES string of the molecule is Cc1ccccc1C[NH+]1CCN(C(=O)CCc2nc3ccccc3o2)CC1. The van der Waals surface area contributed by atoms with Crippen LogP contribution < -0.4 is 4.90 Å². The number of nitrogens with one attached hydrogen (secondary N) is 1. The third-order valence-electron chi connectivity index (χ3n) is 5.42. The predicted molar refractivity (Wildman–Crippen MR) is 104 cm³/mol. The predicted octanol–water partition coefficient (Wildman–Crippen LogP) is 2.00. The molecule has 0 saturated carbocycles. The van der Waals surface area contributed by atoms with Crippen molar-refractivity contribution in [2.75, 3.05) is 26.2 Å². The first-order chi connectivity index (χ1) is 13.2. The van der Waals surface area contributed by atoms with Crippen LogP contribution in [0.3, 0.4) is 0 Å². The average Bonchev–Trinajstić information content (AvgIpc) is 3.11. The largest absolute Gasteiger partial charge is 0.441 e. The summed E-state index contributed by atoms with van der Waals surface area (Å²) in [6.07, 6.45) is 1.02. The monoisotopic (exact) mass is 364 g/mol. The van der Waals surface area contributed by atoms with Crippen molar-refractivity contribution in [3.8, 4) is 0 Å². The zero-order valence-electron chi connectivity index (χ0n) is 15.8. The molecule has 1 saturated heterocycles. The van der Waals surface area contributed by atoms with Crippen LogP contribution in [-0.4, -0.2) is 42.0 Å². The Morgan fingerprint density at radius 3 is 2.63 bits per heavy atom. The van der Waals surface area contributed by atoms with E-state index in [-0.39, 0.29) is 5.91 Å². The maximum atomic E-state index is 12.6. The molecular weight excluding hydrogens is 338 g/mol. The first-order valence-corrected chi connectivity index (χ1v) is 9.69. The number of piperazine rings is 1. The van der Waals surface area contributed by atoms with Gasteiger partial charge in [-0.3, -0.25) is 4.79 Å². The van der Waals surface area contributed by atoms with Crippen molar-refractivity contribution in [3.05, 3.63) is 65.5 Å². The summed E-state index contributed by atoms with van der Waals surface area (Å²) in [5.41, 5.74) is 4.40. The highest BCUT2D eigenvalue weighted by atomic mass is 16.3. The van der Waals surface area contributed by atoms with E-state index >= 15 is 0 Å². The van der Waals surface area contributed by atoms with Gasteiger partial charge in [0.1, 0.15) is 12.1 Å². The van der Waals surface area contributed by atoms with Crippen molar-refractivity contribution in [2.45, 2.75) is 26.3 Å². The Balaban J connectivity index is 1.26. The molecule has 1 N–H and O–H groups in total. The zero-order chi connectivity index (χ0) is 18.6. The van der Waals surface area contributed by atoms with Crippen molar-refractivity contribution in [1.29, 1.82) is 0 Å². The van der Waals surface area contributed by atoms with Gasteiger partial charge in [-0.25, -0.2) is 4.98 Å². The summed E-state index contributed by atoms with van der Waals surface area (Å²) in [6, 6.07) is 16.3. The third-order valence-corrected chi connectivity index (χ3v) is 5.42. The Kier molecular flexibility index (Phi) is 5.21. The molecule has 5 nitrogen and oxygen atoms in total. The van der Waals surface area contributed by atoms with Gasteiger partial charge in [0.25, 0.3) is 0 Å². The van der Waals surface area contributed by atoms with Crippen LogP contribution in [0.2, 0.25) is 0 Å². The van der Waals surface area contributed by atoms with E-state index in [2.05, 4.69) is 36.2 Å². The lowest BCUT2D eigenvalue weighted by Crippen LogP contribution is -3.13. The molecule has 2 heterocycles. The summed E-state index contributed by atoms with van der Waals surface area (Å²) in [7, 11) is 0. The highest BCUT2D eigenvalue weighted by Gasteiger charge is 2.24. The van der Waals surface area contributed by atoms with E-state index in [4.69, 9.17) is 4.42 Å². The van der Waals surface area contributed by atoms with E-state index in [9.17, 15) is 4.79 Å². The molecule has 0 spiro atoms. The molecule has 5 heteroatoms. The third kappa shape index (κ3) is 4.19. The van der Waals surface area contributed by atoms with Crippen molar-refractivity contribution in [2.24, 2.45) is 0 Å². The van der Waals surface area contributed by atoms with Gasteiger partial charge in [0, 0.05) is 18.4 Å². The fraction of sp³-hybridized carbons (Fsp3) is 0.364. The van der Waals surface area contributed by atoms with Gasteiger partial charge in [0.2, 0.25) is 5.91 Å². The summed E-state index contributed by atoms with van der Waals surface area (Å²) in [5, 5.41) is 0. The normalized spacial score (nSPS) is 15.4. The molecule has 1 aliphatic heterocycles. The molecule has 140 valence electrons. The fourth-order valence-electron chi connectivity index (χ4n) is 3.73. The molecule has 4 rings (SSSR count). The van der Waals surface area contributed by atoms with Gasteiger partial charge in [-0.05, 0) is 24.6 Å². The minimum absolute atomic E-state index is 0.201. The minimum Gasteiger partial charge on any atom is -0.441 e. The van der Waals surface area contributed by atoms with Crippen molar-refractivity contribution >= 4 is 17.0 Å². The van der Waals surface area contributed by atoms with Crippen molar-refractivity contribution < 1.29 is 14.1 Å². The lowest BCUT2D eigenvalue weighted by atomic mass is 10.1. The summed E-state index contributed by atoms with van der Waals surface area (Å²) in [4.78, 5) is 20.5. The number of hydrogen-bond acceptors (Lipinski definition) is 3. The lowest BCUT2D eigenvalue weighted by molar-refractivity contribution is -0.917. The van der Waals surface area contributed by atoms with E-state index in [1.807, 2.05) is 29.2 Å². The number of hydrogen-bond donors (Lipinski definition) is 1. The highest BCUT2D eigenvalue weighted by molar-refractivity contribution is 5.76. The van der Waals surface area contributed by atoms with E-state index in [0.29, 0.717) is 18.7 Å². The second-order valence-electron chi connectivity index (χ2n) is 7.31. The van der Waals surface area contributed by atoms with E-state index in [0.717, 1.165) is 43.8 Å². The topological polar surface area (TPSA) is 50.8 Å². The number of para-hydroxylation sites is 2. The number of oxazole rings is 1. The number of aromatic nitrogens is 1. The van der Waals surface area contributed by atoms with Gasteiger partial charge in [-0.2, -0.15) is 0 Å². The van der Waals surface area contributed by atoms with E-state index < -0.39 is 0 Å². The molecule has 0 aliphatic carbocycles. The molecule has 1 aromatic heterocycles.